The number of nitrogens with zero attached hydrogens (tertiary/aromatic N) is 1. The second kappa shape index (κ2) is 12.0. The maximum atomic E-state index is 13.1. The average molecular weight is 447 g/mol. The number of amides is 2. The zero-order valence-corrected chi connectivity index (χ0v) is 19.7. The fourth-order valence-electron chi connectivity index (χ4n) is 2.87. The molecule has 0 saturated carbocycles. The van der Waals surface area contributed by atoms with Gasteiger partial charge in [0.15, 0.2) is 0 Å². The normalized spacial score (nSPS) is 12.8. The Hall–Kier alpha value is -1.98. The van der Waals surface area contributed by atoms with E-state index >= 15 is 0 Å². The maximum Gasteiger partial charge on any atom is 0.242 e. The third-order valence-electron chi connectivity index (χ3n) is 5.04. The lowest BCUT2D eigenvalue weighted by molar-refractivity contribution is -0.140. The Bertz CT molecular complexity index is 824. The Kier molecular flexibility index (Phi) is 9.73. The summed E-state index contributed by atoms with van der Waals surface area (Å²) in [5.74, 6) is 0.507. The molecule has 2 aromatic carbocycles. The molecule has 162 valence electrons. The van der Waals surface area contributed by atoms with Crippen LogP contribution >= 0.6 is 23.4 Å². The molecule has 0 aliphatic heterocycles. The van der Waals surface area contributed by atoms with Crippen LogP contribution in [0.4, 0.5) is 0 Å². The number of hydrogen-bond acceptors (Lipinski definition) is 3. The monoisotopic (exact) mass is 446 g/mol. The van der Waals surface area contributed by atoms with Gasteiger partial charge in [-0.1, -0.05) is 48.4 Å². The van der Waals surface area contributed by atoms with Crippen LogP contribution in [0.25, 0.3) is 0 Å². The summed E-state index contributed by atoms with van der Waals surface area (Å²) in [5.41, 5.74) is 2.16. The van der Waals surface area contributed by atoms with E-state index in [9.17, 15) is 9.59 Å². The number of thioether (sulfide) groups is 1. The van der Waals surface area contributed by atoms with Crippen LogP contribution in [-0.4, -0.2) is 34.6 Å². The smallest absolute Gasteiger partial charge is 0.242 e. The topological polar surface area (TPSA) is 49.4 Å². The third-order valence-corrected chi connectivity index (χ3v) is 6.31. The minimum Gasteiger partial charge on any atom is -0.352 e. The molecule has 0 aliphatic carbocycles. The summed E-state index contributed by atoms with van der Waals surface area (Å²) in [7, 11) is 0. The van der Waals surface area contributed by atoms with Gasteiger partial charge in [0.1, 0.15) is 6.04 Å². The summed E-state index contributed by atoms with van der Waals surface area (Å²) in [5, 5.41) is 3.63. The summed E-state index contributed by atoms with van der Waals surface area (Å²) >= 11 is 7.64. The summed E-state index contributed by atoms with van der Waals surface area (Å²) < 4.78 is 0. The number of nitrogens with one attached hydrogen (secondary N) is 1. The largest absolute Gasteiger partial charge is 0.352 e. The number of carbonyl (C=O) groups excluding carboxylic acids is 2. The SMILES string of the molecule is CC[C@H](C)NC(=O)[C@@H](C)N(Cc1ccc(Cl)cc1)C(=O)CCSc1ccc(C)cc1. The predicted octanol–water partition coefficient (Wildman–Crippen LogP) is 5.46. The lowest BCUT2D eigenvalue weighted by Crippen LogP contribution is -2.49. The molecule has 0 unspecified atom stereocenters. The Morgan fingerprint density at radius 1 is 1.07 bits per heavy atom. The van der Waals surface area contributed by atoms with Crippen molar-refractivity contribution in [2.45, 2.75) is 64.1 Å². The second-order valence-electron chi connectivity index (χ2n) is 7.55. The van der Waals surface area contributed by atoms with E-state index in [0.29, 0.717) is 23.7 Å². The number of hydrogen-bond donors (Lipinski definition) is 1. The highest BCUT2D eigenvalue weighted by Gasteiger charge is 2.26. The number of halogens is 1. The van der Waals surface area contributed by atoms with Crippen LogP contribution in [0.5, 0.6) is 0 Å². The zero-order valence-electron chi connectivity index (χ0n) is 18.2. The minimum absolute atomic E-state index is 0.0311. The molecule has 0 heterocycles. The van der Waals surface area contributed by atoms with Crippen molar-refractivity contribution in [3.63, 3.8) is 0 Å². The van der Waals surface area contributed by atoms with E-state index in [-0.39, 0.29) is 17.9 Å². The molecule has 2 aromatic rings. The molecule has 0 saturated heterocycles. The maximum absolute atomic E-state index is 13.1. The summed E-state index contributed by atoms with van der Waals surface area (Å²) in [6.45, 7) is 8.21. The van der Waals surface area contributed by atoms with Gasteiger partial charge in [-0.15, -0.1) is 11.8 Å². The summed E-state index contributed by atoms with van der Waals surface area (Å²) in [6, 6.07) is 15.2. The van der Waals surface area contributed by atoms with Gasteiger partial charge >= 0.3 is 0 Å². The van der Waals surface area contributed by atoms with Gasteiger partial charge in [0, 0.05) is 34.7 Å². The van der Waals surface area contributed by atoms with E-state index < -0.39 is 6.04 Å². The highest BCUT2D eigenvalue weighted by Crippen LogP contribution is 2.21. The molecular weight excluding hydrogens is 416 g/mol. The van der Waals surface area contributed by atoms with Crippen molar-refractivity contribution >= 4 is 35.2 Å². The molecule has 0 aliphatic rings. The van der Waals surface area contributed by atoms with E-state index in [2.05, 4.69) is 36.5 Å². The Balaban J connectivity index is 2.06. The van der Waals surface area contributed by atoms with Crippen molar-refractivity contribution in [2.75, 3.05) is 5.75 Å². The first-order chi connectivity index (χ1) is 14.3. The van der Waals surface area contributed by atoms with E-state index in [4.69, 9.17) is 11.6 Å². The predicted molar refractivity (Wildman–Crippen MR) is 126 cm³/mol. The standard InChI is InChI=1S/C24H31ClN2O2S/c1-5-18(3)26-24(29)19(4)27(16-20-8-10-21(25)11-9-20)23(28)14-15-30-22-12-6-17(2)7-13-22/h6-13,18-19H,5,14-16H2,1-4H3,(H,26,29)/t18-,19+/m0/s1. The lowest BCUT2D eigenvalue weighted by Gasteiger charge is -2.29. The van der Waals surface area contributed by atoms with Crippen molar-refractivity contribution < 1.29 is 9.59 Å². The summed E-state index contributed by atoms with van der Waals surface area (Å²) in [6.07, 6.45) is 1.21. The van der Waals surface area contributed by atoms with Crippen molar-refractivity contribution in [1.82, 2.24) is 10.2 Å². The van der Waals surface area contributed by atoms with E-state index in [1.165, 1.54) is 5.56 Å². The van der Waals surface area contributed by atoms with Gasteiger partial charge in [-0.25, -0.2) is 0 Å². The first-order valence-corrected chi connectivity index (χ1v) is 11.7. The van der Waals surface area contributed by atoms with Crippen molar-refractivity contribution in [1.29, 1.82) is 0 Å². The highest BCUT2D eigenvalue weighted by molar-refractivity contribution is 7.99. The van der Waals surface area contributed by atoms with Gasteiger partial charge in [0.2, 0.25) is 11.8 Å². The third kappa shape index (κ3) is 7.69. The average Bonchev–Trinajstić information content (AvgIpc) is 2.74. The Morgan fingerprint density at radius 3 is 2.30 bits per heavy atom. The number of rotatable bonds is 10. The molecule has 4 nitrogen and oxygen atoms in total. The van der Waals surface area contributed by atoms with Crippen LogP contribution in [0.2, 0.25) is 5.02 Å². The molecule has 0 bridgehead atoms. The molecule has 0 aromatic heterocycles. The molecular formula is C24H31ClN2O2S. The molecule has 6 heteroatoms. The van der Waals surface area contributed by atoms with Crippen molar-refractivity contribution in [2.24, 2.45) is 0 Å². The lowest BCUT2D eigenvalue weighted by atomic mass is 10.1. The van der Waals surface area contributed by atoms with Gasteiger partial charge in [0.05, 0.1) is 0 Å². The number of benzene rings is 2. The first-order valence-electron chi connectivity index (χ1n) is 10.3. The van der Waals surface area contributed by atoms with Crippen LogP contribution in [0.15, 0.2) is 53.4 Å². The van der Waals surface area contributed by atoms with Crippen molar-refractivity contribution in [3.05, 3.63) is 64.7 Å². The van der Waals surface area contributed by atoms with Gasteiger partial charge in [0.25, 0.3) is 0 Å². The van der Waals surface area contributed by atoms with E-state index in [1.807, 2.05) is 26.0 Å². The molecule has 2 atom stereocenters. The number of aryl methyl sites for hydroxylation is 1. The second-order valence-corrected chi connectivity index (χ2v) is 9.16. The molecule has 30 heavy (non-hydrogen) atoms. The van der Waals surface area contributed by atoms with Crippen LogP contribution < -0.4 is 5.32 Å². The molecule has 0 fully saturated rings. The van der Waals surface area contributed by atoms with Gasteiger partial charge in [-0.3, -0.25) is 9.59 Å². The molecule has 1 N–H and O–H groups in total. The quantitative estimate of drug-likeness (QED) is 0.493. The van der Waals surface area contributed by atoms with Crippen molar-refractivity contribution in [3.8, 4) is 0 Å². The fraction of sp³-hybridized carbons (Fsp3) is 0.417. The van der Waals surface area contributed by atoms with Crippen LogP contribution in [-0.2, 0) is 16.1 Å². The van der Waals surface area contributed by atoms with Gasteiger partial charge in [-0.05, 0) is 57.0 Å². The number of carbonyl (C=O) groups is 2. The minimum atomic E-state index is -0.549. The van der Waals surface area contributed by atoms with Crippen LogP contribution in [0, 0.1) is 6.92 Å². The van der Waals surface area contributed by atoms with Crippen LogP contribution in [0.1, 0.15) is 44.7 Å². The van der Waals surface area contributed by atoms with E-state index in [1.54, 1.807) is 35.7 Å². The Morgan fingerprint density at radius 2 is 1.70 bits per heavy atom. The first kappa shape index (κ1) is 24.3. The van der Waals surface area contributed by atoms with Crippen LogP contribution in [0.3, 0.4) is 0 Å². The molecule has 2 rings (SSSR count). The molecule has 2 amide bonds. The van der Waals surface area contributed by atoms with E-state index in [0.717, 1.165) is 16.9 Å². The molecule has 0 spiro atoms. The Labute approximate surface area is 189 Å². The van der Waals surface area contributed by atoms with Gasteiger partial charge < -0.3 is 10.2 Å². The zero-order chi connectivity index (χ0) is 22.1. The highest BCUT2D eigenvalue weighted by atomic mass is 35.5. The summed E-state index contributed by atoms with van der Waals surface area (Å²) in [4.78, 5) is 28.6. The van der Waals surface area contributed by atoms with Gasteiger partial charge in [-0.2, -0.15) is 0 Å². The fourth-order valence-corrected chi connectivity index (χ4v) is 3.84. The molecule has 0 radical (unpaired) electrons.